The summed E-state index contributed by atoms with van der Waals surface area (Å²) in [5.74, 6) is 1.81. The maximum absolute atomic E-state index is 9.99. The second kappa shape index (κ2) is 11.8. The zero-order valence-electron chi connectivity index (χ0n) is 17.5. The molecular formula is C22H39NO4. The van der Waals surface area contributed by atoms with Gasteiger partial charge in [-0.1, -0.05) is 58.9 Å². The highest BCUT2D eigenvalue weighted by Crippen LogP contribution is 2.31. The van der Waals surface area contributed by atoms with Gasteiger partial charge in [-0.05, 0) is 41.7 Å². The van der Waals surface area contributed by atoms with E-state index < -0.39 is 24.4 Å². The van der Waals surface area contributed by atoms with E-state index in [0.717, 1.165) is 5.56 Å². The molecule has 5 nitrogen and oxygen atoms in total. The number of hydrogen-bond acceptors (Lipinski definition) is 5. The molecule has 0 fully saturated rings. The summed E-state index contributed by atoms with van der Waals surface area (Å²) in [6, 6.07) is 8.54. The van der Waals surface area contributed by atoms with Gasteiger partial charge >= 0.3 is 0 Å². The molecule has 0 amide bonds. The summed E-state index contributed by atoms with van der Waals surface area (Å²) < 4.78 is 0. The minimum Gasteiger partial charge on any atom is -0.390 e. The van der Waals surface area contributed by atoms with Crippen LogP contribution in [-0.4, -0.2) is 51.4 Å². The topological polar surface area (TPSA) is 93.0 Å². The summed E-state index contributed by atoms with van der Waals surface area (Å²) in [5.41, 5.74) is 2.45. The minimum absolute atomic E-state index is 0.137. The fraction of sp³-hybridized carbons (Fsp3) is 0.727. The Labute approximate surface area is 164 Å². The molecule has 0 aliphatic rings. The molecule has 0 aromatic heterocycles. The molecule has 5 atom stereocenters. The summed E-state index contributed by atoms with van der Waals surface area (Å²) in [7, 11) is 0. The van der Waals surface area contributed by atoms with Gasteiger partial charge in [-0.15, -0.1) is 0 Å². The van der Waals surface area contributed by atoms with Crippen LogP contribution in [0.4, 0.5) is 0 Å². The van der Waals surface area contributed by atoms with Crippen molar-refractivity contribution in [3.8, 4) is 0 Å². The van der Waals surface area contributed by atoms with Crippen LogP contribution in [-0.2, 0) is 6.54 Å². The highest BCUT2D eigenvalue weighted by atomic mass is 16.4. The van der Waals surface area contributed by atoms with Crippen molar-refractivity contribution in [3.05, 3.63) is 35.4 Å². The Morgan fingerprint density at radius 3 is 1.89 bits per heavy atom. The van der Waals surface area contributed by atoms with Gasteiger partial charge in [0.1, 0.15) is 12.2 Å². The largest absolute Gasteiger partial charge is 0.390 e. The van der Waals surface area contributed by atoms with Crippen molar-refractivity contribution in [1.82, 2.24) is 5.32 Å². The van der Waals surface area contributed by atoms with Gasteiger partial charge in [0.05, 0.1) is 12.2 Å². The Bertz CT molecular complexity index is 518. The Morgan fingerprint density at radius 2 is 1.41 bits per heavy atom. The lowest BCUT2D eigenvalue weighted by Gasteiger charge is -2.26. The minimum atomic E-state index is -1.38. The van der Waals surface area contributed by atoms with E-state index in [1.54, 1.807) is 6.92 Å². The van der Waals surface area contributed by atoms with Crippen LogP contribution in [0.1, 0.15) is 64.5 Å². The van der Waals surface area contributed by atoms with E-state index in [4.69, 9.17) is 0 Å². The predicted octanol–water partition coefficient (Wildman–Crippen LogP) is 2.42. The average molecular weight is 382 g/mol. The van der Waals surface area contributed by atoms with Gasteiger partial charge in [0.25, 0.3) is 0 Å². The van der Waals surface area contributed by atoms with Crippen molar-refractivity contribution >= 4 is 0 Å². The normalized spacial score (nSPS) is 17.7. The molecule has 0 aliphatic carbocycles. The number of aliphatic hydroxyl groups excluding tert-OH is 4. The van der Waals surface area contributed by atoms with Gasteiger partial charge in [0.2, 0.25) is 0 Å². The van der Waals surface area contributed by atoms with E-state index in [9.17, 15) is 20.4 Å². The first-order chi connectivity index (χ1) is 12.7. The SMILES string of the molecule is CCC(O)C(O)C(O)C(O)CNCc1ccc(C(CC(C)C)C(C)C)cc1. The molecule has 0 heterocycles. The summed E-state index contributed by atoms with van der Waals surface area (Å²) in [6.45, 7) is 11.4. The third-order valence-electron chi connectivity index (χ3n) is 5.18. The zero-order chi connectivity index (χ0) is 20.6. The van der Waals surface area contributed by atoms with Crippen molar-refractivity contribution < 1.29 is 20.4 Å². The van der Waals surface area contributed by atoms with Crippen LogP contribution < -0.4 is 5.32 Å². The second-order valence-electron chi connectivity index (χ2n) is 8.38. The molecule has 5 unspecified atom stereocenters. The molecule has 0 spiro atoms. The van der Waals surface area contributed by atoms with Crippen molar-refractivity contribution in [1.29, 1.82) is 0 Å². The third kappa shape index (κ3) is 7.88. The first kappa shape index (κ1) is 24.1. The molecule has 156 valence electrons. The number of rotatable bonds is 12. The number of benzene rings is 1. The Morgan fingerprint density at radius 1 is 0.852 bits per heavy atom. The van der Waals surface area contributed by atoms with Gasteiger partial charge < -0.3 is 25.7 Å². The van der Waals surface area contributed by atoms with Gasteiger partial charge in [0, 0.05) is 13.1 Å². The number of nitrogens with one attached hydrogen (secondary N) is 1. The molecular weight excluding hydrogens is 342 g/mol. The quantitative estimate of drug-likeness (QED) is 0.383. The molecule has 1 rings (SSSR count). The van der Waals surface area contributed by atoms with Gasteiger partial charge in [-0.3, -0.25) is 0 Å². The van der Waals surface area contributed by atoms with E-state index in [-0.39, 0.29) is 6.54 Å². The summed E-state index contributed by atoms with van der Waals surface area (Å²) in [4.78, 5) is 0. The van der Waals surface area contributed by atoms with E-state index in [2.05, 4.69) is 57.3 Å². The molecule has 0 aliphatic heterocycles. The van der Waals surface area contributed by atoms with E-state index in [0.29, 0.717) is 30.7 Å². The number of aliphatic hydroxyl groups is 4. The van der Waals surface area contributed by atoms with Crippen molar-refractivity contribution in [2.45, 2.75) is 84.3 Å². The molecule has 5 heteroatoms. The Balaban J connectivity index is 2.54. The smallest absolute Gasteiger partial charge is 0.109 e. The fourth-order valence-corrected chi connectivity index (χ4v) is 3.37. The van der Waals surface area contributed by atoms with E-state index in [1.807, 2.05) is 0 Å². The highest BCUT2D eigenvalue weighted by molar-refractivity contribution is 5.26. The highest BCUT2D eigenvalue weighted by Gasteiger charge is 2.29. The van der Waals surface area contributed by atoms with Crippen LogP contribution in [0.25, 0.3) is 0 Å². The third-order valence-corrected chi connectivity index (χ3v) is 5.18. The monoisotopic (exact) mass is 381 g/mol. The van der Waals surface area contributed by atoms with E-state index >= 15 is 0 Å². The Kier molecular flexibility index (Phi) is 10.5. The van der Waals surface area contributed by atoms with Crippen LogP contribution in [0.3, 0.4) is 0 Å². The molecule has 27 heavy (non-hydrogen) atoms. The van der Waals surface area contributed by atoms with Gasteiger partial charge in [-0.25, -0.2) is 0 Å². The lowest BCUT2D eigenvalue weighted by Crippen LogP contribution is -2.47. The maximum atomic E-state index is 9.99. The van der Waals surface area contributed by atoms with Gasteiger partial charge in [0.15, 0.2) is 0 Å². The lowest BCUT2D eigenvalue weighted by atomic mass is 9.82. The van der Waals surface area contributed by atoms with Gasteiger partial charge in [-0.2, -0.15) is 0 Å². The molecule has 5 N–H and O–H groups in total. The van der Waals surface area contributed by atoms with Crippen molar-refractivity contribution in [3.63, 3.8) is 0 Å². The first-order valence-corrected chi connectivity index (χ1v) is 10.2. The van der Waals surface area contributed by atoms with Crippen molar-refractivity contribution in [2.75, 3.05) is 6.54 Å². The van der Waals surface area contributed by atoms with Crippen LogP contribution in [0.2, 0.25) is 0 Å². The Hall–Kier alpha value is -0.980. The summed E-state index contributed by atoms with van der Waals surface area (Å²) in [5, 5.41) is 42.3. The van der Waals surface area contributed by atoms with Crippen LogP contribution in [0, 0.1) is 11.8 Å². The number of hydrogen-bond donors (Lipinski definition) is 5. The summed E-state index contributed by atoms with van der Waals surface area (Å²) in [6.07, 6.45) is -3.42. The second-order valence-corrected chi connectivity index (χ2v) is 8.38. The van der Waals surface area contributed by atoms with Crippen molar-refractivity contribution in [2.24, 2.45) is 11.8 Å². The predicted molar refractivity (Wildman–Crippen MR) is 110 cm³/mol. The van der Waals surface area contributed by atoms with Crippen LogP contribution >= 0.6 is 0 Å². The standard InChI is InChI=1S/C22H39NO4/c1-6-19(24)21(26)22(27)20(25)13-23-12-16-7-9-17(10-8-16)18(15(4)5)11-14(2)3/h7-10,14-15,18-27H,6,11-13H2,1-5H3. The molecule has 0 saturated heterocycles. The first-order valence-electron chi connectivity index (χ1n) is 10.2. The molecule has 1 aromatic carbocycles. The fourth-order valence-electron chi connectivity index (χ4n) is 3.37. The zero-order valence-corrected chi connectivity index (χ0v) is 17.5. The van der Waals surface area contributed by atoms with Crippen LogP contribution in [0.5, 0.6) is 0 Å². The van der Waals surface area contributed by atoms with E-state index in [1.165, 1.54) is 12.0 Å². The molecule has 0 radical (unpaired) electrons. The molecule has 0 saturated carbocycles. The summed E-state index contributed by atoms with van der Waals surface area (Å²) >= 11 is 0. The molecule has 1 aromatic rings. The maximum Gasteiger partial charge on any atom is 0.109 e. The lowest BCUT2D eigenvalue weighted by molar-refractivity contribution is -0.104. The molecule has 0 bridgehead atoms. The average Bonchev–Trinajstić information content (AvgIpc) is 2.64. The van der Waals surface area contributed by atoms with Crippen LogP contribution in [0.15, 0.2) is 24.3 Å².